The molecule has 1 nitrogen and oxygen atoms in total. The van der Waals surface area contributed by atoms with Crippen LogP contribution < -0.4 is 0 Å². The van der Waals surface area contributed by atoms with Crippen molar-refractivity contribution in [3.05, 3.63) is 17.6 Å². The van der Waals surface area contributed by atoms with E-state index in [0.29, 0.717) is 0 Å². The van der Waals surface area contributed by atoms with Crippen LogP contribution in [0.3, 0.4) is 0 Å². The summed E-state index contributed by atoms with van der Waals surface area (Å²) in [6, 6.07) is 0. The van der Waals surface area contributed by atoms with Gasteiger partial charge < -0.3 is 4.74 Å². The molecule has 0 heterocycles. The molecule has 1 rings (SSSR count). The predicted molar refractivity (Wildman–Crippen MR) is 46.3 cm³/mol. The molecule has 1 heteroatoms. The summed E-state index contributed by atoms with van der Waals surface area (Å²) < 4.78 is 5.50. The monoisotopic (exact) mass is 152 g/mol. The van der Waals surface area contributed by atoms with Crippen LogP contribution in [0.5, 0.6) is 0 Å². The van der Waals surface area contributed by atoms with Crippen molar-refractivity contribution in [3.8, 4) is 0 Å². The predicted octanol–water partition coefficient (Wildman–Crippen LogP) is 3.03. The SMILES string of the molecule is CCCCOC1=C=CCCC1. The molecule has 11 heavy (non-hydrogen) atoms. The zero-order chi connectivity index (χ0) is 7.94. The molecule has 0 N–H and O–H groups in total. The Bertz CT molecular complexity index is 164. The van der Waals surface area contributed by atoms with E-state index in [1.165, 1.54) is 19.3 Å². The highest BCUT2D eigenvalue weighted by Crippen LogP contribution is 2.13. The Kier molecular flexibility index (Phi) is 3.85. The molecule has 62 valence electrons. The average molecular weight is 152 g/mol. The standard InChI is InChI=1S/C10H16O/c1-2-3-9-11-10-7-5-4-6-8-10/h5H,2-4,6,8-9H2,1H3. The number of rotatable bonds is 4. The van der Waals surface area contributed by atoms with Gasteiger partial charge in [0.2, 0.25) is 0 Å². The van der Waals surface area contributed by atoms with Crippen molar-refractivity contribution >= 4 is 0 Å². The lowest BCUT2D eigenvalue weighted by molar-refractivity contribution is 0.196. The highest BCUT2D eigenvalue weighted by Gasteiger charge is 1.99. The Labute approximate surface area is 68.8 Å². The van der Waals surface area contributed by atoms with Crippen molar-refractivity contribution in [2.24, 2.45) is 0 Å². The average Bonchev–Trinajstić information content (AvgIpc) is 2.07. The van der Waals surface area contributed by atoms with E-state index in [9.17, 15) is 0 Å². The molecular weight excluding hydrogens is 136 g/mol. The lowest BCUT2D eigenvalue weighted by Gasteiger charge is -2.09. The van der Waals surface area contributed by atoms with Gasteiger partial charge in [-0.05, 0) is 25.3 Å². The summed E-state index contributed by atoms with van der Waals surface area (Å²) in [5, 5.41) is 0. The summed E-state index contributed by atoms with van der Waals surface area (Å²) in [7, 11) is 0. The molecule has 1 aliphatic carbocycles. The third-order valence-electron chi connectivity index (χ3n) is 1.79. The maximum absolute atomic E-state index is 5.50. The summed E-state index contributed by atoms with van der Waals surface area (Å²) >= 11 is 0. The third-order valence-corrected chi connectivity index (χ3v) is 1.79. The third kappa shape index (κ3) is 3.29. The van der Waals surface area contributed by atoms with E-state index in [0.717, 1.165) is 25.2 Å². The maximum atomic E-state index is 5.50. The highest BCUT2D eigenvalue weighted by atomic mass is 16.5. The van der Waals surface area contributed by atoms with Gasteiger partial charge in [-0.3, -0.25) is 0 Å². The molecule has 0 unspecified atom stereocenters. The second kappa shape index (κ2) is 5.03. The Hall–Kier alpha value is -0.680. The van der Waals surface area contributed by atoms with E-state index in [1.54, 1.807) is 0 Å². The maximum Gasteiger partial charge on any atom is 0.138 e. The van der Waals surface area contributed by atoms with Crippen LogP contribution in [0, 0.1) is 0 Å². The highest BCUT2D eigenvalue weighted by molar-refractivity contribution is 4.98. The van der Waals surface area contributed by atoms with Crippen molar-refractivity contribution in [2.45, 2.75) is 39.0 Å². The van der Waals surface area contributed by atoms with Crippen molar-refractivity contribution in [1.82, 2.24) is 0 Å². The number of allylic oxidation sites excluding steroid dienone is 1. The minimum atomic E-state index is 0.868. The van der Waals surface area contributed by atoms with Crippen LogP contribution in [0.2, 0.25) is 0 Å². The number of ether oxygens (including phenoxy) is 1. The number of unbranched alkanes of at least 4 members (excludes halogenated alkanes) is 1. The quantitative estimate of drug-likeness (QED) is 0.444. The zero-order valence-electron chi connectivity index (χ0n) is 7.23. The van der Waals surface area contributed by atoms with Gasteiger partial charge in [0.05, 0.1) is 6.61 Å². The Morgan fingerprint density at radius 1 is 1.64 bits per heavy atom. The Morgan fingerprint density at radius 3 is 3.18 bits per heavy atom. The van der Waals surface area contributed by atoms with E-state index in [-0.39, 0.29) is 0 Å². The number of hydrogen-bond donors (Lipinski definition) is 0. The van der Waals surface area contributed by atoms with E-state index >= 15 is 0 Å². The molecule has 0 fully saturated rings. The van der Waals surface area contributed by atoms with E-state index in [1.807, 2.05) is 0 Å². The first-order chi connectivity index (χ1) is 5.43. The van der Waals surface area contributed by atoms with Crippen molar-refractivity contribution in [1.29, 1.82) is 0 Å². The molecule has 0 bridgehead atoms. The van der Waals surface area contributed by atoms with Crippen molar-refractivity contribution in [3.63, 3.8) is 0 Å². The van der Waals surface area contributed by atoms with Gasteiger partial charge in [0.15, 0.2) is 0 Å². The topological polar surface area (TPSA) is 9.23 Å². The molecule has 0 aromatic heterocycles. The molecule has 1 aliphatic rings. The van der Waals surface area contributed by atoms with Gasteiger partial charge >= 0.3 is 0 Å². The van der Waals surface area contributed by atoms with Gasteiger partial charge in [0.25, 0.3) is 0 Å². The summed E-state index contributed by atoms with van der Waals surface area (Å²) in [5.74, 6) is 1.06. The molecule has 0 atom stereocenters. The van der Waals surface area contributed by atoms with Crippen LogP contribution in [0.25, 0.3) is 0 Å². The smallest absolute Gasteiger partial charge is 0.138 e. The molecule has 0 radical (unpaired) electrons. The van der Waals surface area contributed by atoms with Crippen LogP contribution in [-0.2, 0) is 4.74 Å². The van der Waals surface area contributed by atoms with Crippen molar-refractivity contribution in [2.75, 3.05) is 6.61 Å². The molecule has 0 amide bonds. The molecule has 0 aromatic rings. The minimum absolute atomic E-state index is 0.868. The molecule has 0 saturated carbocycles. The number of hydrogen-bond acceptors (Lipinski definition) is 1. The fourth-order valence-corrected chi connectivity index (χ4v) is 1.08. The molecule has 0 aromatic carbocycles. The first-order valence-electron chi connectivity index (χ1n) is 4.50. The Morgan fingerprint density at radius 2 is 2.55 bits per heavy atom. The second-order valence-corrected chi connectivity index (χ2v) is 2.87. The van der Waals surface area contributed by atoms with Gasteiger partial charge in [-0.1, -0.05) is 19.1 Å². The fourth-order valence-electron chi connectivity index (χ4n) is 1.08. The van der Waals surface area contributed by atoms with E-state index < -0.39 is 0 Å². The molecular formula is C10H16O. The van der Waals surface area contributed by atoms with Gasteiger partial charge in [-0.15, -0.1) is 0 Å². The summed E-state index contributed by atoms with van der Waals surface area (Å²) in [5.41, 5.74) is 3.15. The van der Waals surface area contributed by atoms with Crippen LogP contribution >= 0.6 is 0 Å². The largest absolute Gasteiger partial charge is 0.490 e. The van der Waals surface area contributed by atoms with Gasteiger partial charge in [-0.25, -0.2) is 0 Å². The van der Waals surface area contributed by atoms with Crippen LogP contribution in [0.1, 0.15) is 39.0 Å². The Balaban J connectivity index is 2.19. The van der Waals surface area contributed by atoms with Crippen LogP contribution in [0.15, 0.2) is 17.6 Å². The first-order valence-corrected chi connectivity index (χ1v) is 4.50. The van der Waals surface area contributed by atoms with Gasteiger partial charge in [0.1, 0.15) is 5.76 Å². The molecule has 0 spiro atoms. The van der Waals surface area contributed by atoms with E-state index in [4.69, 9.17) is 4.74 Å². The normalized spacial score (nSPS) is 16.3. The lowest BCUT2D eigenvalue weighted by Crippen LogP contribution is -1.95. The van der Waals surface area contributed by atoms with Crippen LogP contribution in [0.4, 0.5) is 0 Å². The first kappa shape index (κ1) is 8.42. The molecule has 0 saturated heterocycles. The van der Waals surface area contributed by atoms with Crippen molar-refractivity contribution < 1.29 is 4.74 Å². The van der Waals surface area contributed by atoms with Gasteiger partial charge in [0, 0.05) is 6.42 Å². The minimum Gasteiger partial charge on any atom is -0.490 e. The lowest BCUT2D eigenvalue weighted by atomic mass is 10.1. The van der Waals surface area contributed by atoms with Gasteiger partial charge in [-0.2, -0.15) is 0 Å². The zero-order valence-corrected chi connectivity index (χ0v) is 7.23. The second-order valence-electron chi connectivity index (χ2n) is 2.87. The van der Waals surface area contributed by atoms with E-state index in [2.05, 4.69) is 18.7 Å². The van der Waals surface area contributed by atoms with Crippen LogP contribution in [-0.4, -0.2) is 6.61 Å². The summed E-state index contributed by atoms with van der Waals surface area (Å²) in [6.45, 7) is 3.04. The summed E-state index contributed by atoms with van der Waals surface area (Å²) in [4.78, 5) is 0. The summed E-state index contributed by atoms with van der Waals surface area (Å²) in [6.07, 6.45) is 7.92. The fraction of sp³-hybridized carbons (Fsp3) is 0.700. The molecule has 0 aliphatic heterocycles.